The van der Waals surface area contributed by atoms with Gasteiger partial charge in [0.25, 0.3) is 0 Å². The minimum Gasteiger partial charge on any atom is -0.481 e. The number of nitrogens with one attached hydrogen (secondary N) is 1. The molecule has 0 aliphatic heterocycles. The van der Waals surface area contributed by atoms with Crippen LogP contribution < -0.4 is 5.32 Å². The fraction of sp³-hybridized carbons (Fsp3) is 0.778. The number of carbonyl (C=O) groups excluding carboxylic acids is 1. The first kappa shape index (κ1) is 11.0. The van der Waals surface area contributed by atoms with Gasteiger partial charge < -0.3 is 15.5 Å². The summed E-state index contributed by atoms with van der Waals surface area (Å²) in [5, 5.41) is 20.2. The fourth-order valence-electron chi connectivity index (χ4n) is 1.17. The van der Waals surface area contributed by atoms with E-state index in [0.29, 0.717) is 5.92 Å². The zero-order valence-electron chi connectivity index (χ0n) is 7.90. The highest BCUT2D eigenvalue weighted by Gasteiger charge is 2.29. The van der Waals surface area contributed by atoms with Gasteiger partial charge in [0.1, 0.15) is 0 Å². The van der Waals surface area contributed by atoms with Gasteiger partial charge in [-0.3, -0.25) is 9.59 Å². The van der Waals surface area contributed by atoms with Gasteiger partial charge in [0.15, 0.2) is 0 Å². The van der Waals surface area contributed by atoms with Crippen LogP contribution in [0.25, 0.3) is 0 Å². The second-order valence-corrected chi connectivity index (χ2v) is 3.60. The molecule has 1 aliphatic rings. The second kappa shape index (κ2) is 4.95. The molecule has 1 amide bonds. The molecule has 0 aromatic carbocycles. The van der Waals surface area contributed by atoms with Gasteiger partial charge in [0.2, 0.25) is 5.91 Å². The van der Waals surface area contributed by atoms with E-state index in [0.717, 1.165) is 12.8 Å². The molecule has 80 valence electrons. The topological polar surface area (TPSA) is 86.6 Å². The Morgan fingerprint density at radius 1 is 1.36 bits per heavy atom. The molecule has 1 unspecified atom stereocenters. The highest BCUT2D eigenvalue weighted by molar-refractivity contribution is 5.80. The molecule has 0 saturated heterocycles. The number of amides is 1. The third kappa shape index (κ3) is 4.23. The Hall–Kier alpha value is -1.10. The summed E-state index contributed by atoms with van der Waals surface area (Å²) < 4.78 is 0. The van der Waals surface area contributed by atoms with Gasteiger partial charge in [0.05, 0.1) is 12.5 Å². The van der Waals surface area contributed by atoms with E-state index < -0.39 is 12.1 Å². The van der Waals surface area contributed by atoms with Crippen LogP contribution in [0.15, 0.2) is 0 Å². The third-order valence-electron chi connectivity index (χ3n) is 2.24. The highest BCUT2D eigenvalue weighted by Crippen LogP contribution is 2.32. The zero-order valence-corrected chi connectivity index (χ0v) is 7.90. The lowest BCUT2D eigenvalue weighted by atomic mass is 10.2. The van der Waals surface area contributed by atoms with Gasteiger partial charge in [-0.25, -0.2) is 0 Å². The van der Waals surface area contributed by atoms with Crippen LogP contribution in [0.3, 0.4) is 0 Å². The van der Waals surface area contributed by atoms with E-state index in [1.807, 2.05) is 0 Å². The fourth-order valence-corrected chi connectivity index (χ4v) is 1.17. The van der Waals surface area contributed by atoms with Crippen LogP contribution in [0.1, 0.15) is 25.7 Å². The third-order valence-corrected chi connectivity index (χ3v) is 2.24. The van der Waals surface area contributed by atoms with Gasteiger partial charge in [0, 0.05) is 13.0 Å². The van der Waals surface area contributed by atoms with Crippen molar-refractivity contribution < 1.29 is 19.8 Å². The monoisotopic (exact) mass is 201 g/mol. The molecule has 0 heterocycles. The number of carbonyl (C=O) groups is 2. The predicted molar refractivity (Wildman–Crippen MR) is 48.6 cm³/mol. The van der Waals surface area contributed by atoms with Crippen molar-refractivity contribution in [3.05, 3.63) is 0 Å². The van der Waals surface area contributed by atoms with Gasteiger partial charge in [-0.1, -0.05) is 0 Å². The Morgan fingerprint density at radius 2 is 2.00 bits per heavy atom. The Morgan fingerprint density at radius 3 is 2.50 bits per heavy atom. The normalized spacial score (nSPS) is 17.5. The first-order valence-corrected chi connectivity index (χ1v) is 4.76. The predicted octanol–water partition coefficient (Wildman–Crippen LogP) is -0.262. The molecule has 0 aromatic heterocycles. The van der Waals surface area contributed by atoms with Crippen LogP contribution in [0.5, 0.6) is 0 Å². The number of hydrogen-bond acceptors (Lipinski definition) is 3. The van der Waals surface area contributed by atoms with E-state index in [4.69, 9.17) is 5.11 Å². The number of aliphatic hydroxyl groups excluding tert-OH is 1. The lowest BCUT2D eigenvalue weighted by Gasteiger charge is -2.09. The van der Waals surface area contributed by atoms with Crippen molar-refractivity contribution in [1.82, 2.24) is 5.32 Å². The first-order valence-electron chi connectivity index (χ1n) is 4.76. The summed E-state index contributed by atoms with van der Waals surface area (Å²) in [6, 6.07) is 0. The molecule has 0 bridgehead atoms. The van der Waals surface area contributed by atoms with Crippen LogP contribution in [-0.2, 0) is 9.59 Å². The van der Waals surface area contributed by atoms with Crippen molar-refractivity contribution in [2.75, 3.05) is 6.54 Å². The minimum absolute atomic E-state index is 0.0211. The average molecular weight is 201 g/mol. The zero-order chi connectivity index (χ0) is 10.6. The number of rotatable bonds is 6. The molecule has 1 saturated carbocycles. The molecule has 1 fully saturated rings. The number of carboxylic acids is 1. The molecule has 0 spiro atoms. The maximum absolute atomic E-state index is 11.0. The number of carboxylic acid groups (broad SMARTS) is 1. The Balaban J connectivity index is 2.04. The number of hydrogen-bond donors (Lipinski definition) is 3. The Labute approximate surface area is 82.1 Å². The van der Waals surface area contributed by atoms with Crippen molar-refractivity contribution >= 4 is 11.9 Å². The Kier molecular flexibility index (Phi) is 3.88. The SMILES string of the molecule is O=C(O)CCC(=O)NCC(O)C1CC1. The van der Waals surface area contributed by atoms with E-state index >= 15 is 0 Å². The molecule has 1 rings (SSSR count). The lowest BCUT2D eigenvalue weighted by Crippen LogP contribution is -2.33. The van der Waals surface area contributed by atoms with Crippen molar-refractivity contribution in [1.29, 1.82) is 0 Å². The van der Waals surface area contributed by atoms with Crippen molar-refractivity contribution in [3.8, 4) is 0 Å². The van der Waals surface area contributed by atoms with Gasteiger partial charge in [-0.2, -0.15) is 0 Å². The van der Waals surface area contributed by atoms with E-state index in [-0.39, 0.29) is 25.3 Å². The lowest BCUT2D eigenvalue weighted by molar-refractivity contribution is -0.138. The first-order chi connectivity index (χ1) is 6.59. The van der Waals surface area contributed by atoms with Crippen LogP contribution >= 0.6 is 0 Å². The maximum atomic E-state index is 11.0. The number of aliphatic carboxylic acids is 1. The molecule has 5 nitrogen and oxygen atoms in total. The van der Waals surface area contributed by atoms with Gasteiger partial charge in [-0.15, -0.1) is 0 Å². The van der Waals surface area contributed by atoms with Crippen LogP contribution in [0, 0.1) is 5.92 Å². The minimum atomic E-state index is -0.983. The molecule has 14 heavy (non-hydrogen) atoms. The summed E-state index contributed by atoms with van der Waals surface area (Å²) >= 11 is 0. The Bertz CT molecular complexity index is 225. The van der Waals surface area contributed by atoms with Crippen molar-refractivity contribution in [2.24, 2.45) is 5.92 Å². The van der Waals surface area contributed by atoms with Crippen molar-refractivity contribution in [3.63, 3.8) is 0 Å². The van der Waals surface area contributed by atoms with Crippen LogP contribution in [0.4, 0.5) is 0 Å². The molecular formula is C9H15NO4. The molecule has 5 heteroatoms. The number of aliphatic hydroxyl groups is 1. The van der Waals surface area contributed by atoms with E-state index in [1.54, 1.807) is 0 Å². The van der Waals surface area contributed by atoms with Crippen LogP contribution in [-0.4, -0.2) is 34.7 Å². The van der Waals surface area contributed by atoms with E-state index in [9.17, 15) is 14.7 Å². The quantitative estimate of drug-likeness (QED) is 0.552. The molecule has 1 aliphatic carbocycles. The highest BCUT2D eigenvalue weighted by atomic mass is 16.4. The van der Waals surface area contributed by atoms with Crippen molar-refractivity contribution in [2.45, 2.75) is 31.8 Å². The molecule has 1 atom stereocenters. The van der Waals surface area contributed by atoms with Gasteiger partial charge in [-0.05, 0) is 18.8 Å². The standard InChI is InChI=1S/C9H15NO4/c11-7(6-1-2-6)5-10-8(12)3-4-9(13)14/h6-7,11H,1-5H2,(H,10,12)(H,13,14). The summed E-state index contributed by atoms with van der Waals surface area (Å²) in [4.78, 5) is 21.1. The van der Waals surface area contributed by atoms with Crippen LogP contribution in [0.2, 0.25) is 0 Å². The van der Waals surface area contributed by atoms with E-state index in [2.05, 4.69) is 5.32 Å². The van der Waals surface area contributed by atoms with E-state index in [1.165, 1.54) is 0 Å². The molecule has 0 radical (unpaired) electrons. The summed E-state index contributed by atoms with van der Waals surface area (Å²) in [5.41, 5.74) is 0. The largest absolute Gasteiger partial charge is 0.481 e. The summed E-state index contributed by atoms with van der Waals surface area (Å²) in [5.74, 6) is -0.968. The average Bonchev–Trinajstić information content (AvgIpc) is 2.93. The molecular weight excluding hydrogens is 186 g/mol. The van der Waals surface area contributed by atoms with Gasteiger partial charge >= 0.3 is 5.97 Å². The summed E-state index contributed by atoms with van der Waals surface area (Å²) in [6.07, 6.45) is 1.39. The molecule has 3 N–H and O–H groups in total. The summed E-state index contributed by atoms with van der Waals surface area (Å²) in [7, 11) is 0. The second-order valence-electron chi connectivity index (χ2n) is 3.60. The summed E-state index contributed by atoms with van der Waals surface area (Å²) in [6.45, 7) is 0.239. The molecule has 0 aromatic rings. The maximum Gasteiger partial charge on any atom is 0.303 e. The smallest absolute Gasteiger partial charge is 0.303 e.